The lowest BCUT2D eigenvalue weighted by Crippen LogP contribution is -2.25. The number of nitrogens with one attached hydrogen (secondary N) is 1. The zero-order chi connectivity index (χ0) is 21.2. The number of para-hydroxylation sites is 2. The molecular weight excluding hydrogens is 366 g/mol. The maximum Gasteiger partial charge on any atom is 0.281 e. The van der Waals surface area contributed by atoms with Crippen LogP contribution in [0.15, 0.2) is 40.7 Å². The molecule has 1 aromatic heterocycles. The number of hydrogen-bond donors (Lipinski definition) is 1. The molecule has 0 amide bonds. The lowest BCUT2D eigenvalue weighted by atomic mass is 9.89. The lowest BCUT2D eigenvalue weighted by Gasteiger charge is -2.17. The predicted molar refractivity (Wildman–Crippen MR) is 115 cm³/mol. The molecule has 6 heteroatoms. The number of aromatic nitrogens is 2. The van der Waals surface area contributed by atoms with E-state index in [2.05, 4.69) is 22.7 Å². The van der Waals surface area contributed by atoms with Crippen LogP contribution in [0.3, 0.4) is 0 Å². The second-order valence-corrected chi connectivity index (χ2v) is 8.25. The van der Waals surface area contributed by atoms with Gasteiger partial charge in [-0.1, -0.05) is 52.5 Å². The molecule has 0 fully saturated rings. The highest BCUT2D eigenvalue weighted by molar-refractivity contribution is 5.78. The Balaban J connectivity index is 2.10. The SMILES string of the molecule is CCCC(=O)n1[nH]c(C(C)(C)C)c(C=C=C2Oc3ccccc3N2CCC)c1=O. The van der Waals surface area contributed by atoms with Crippen molar-refractivity contribution in [2.75, 3.05) is 11.4 Å². The van der Waals surface area contributed by atoms with Crippen molar-refractivity contribution >= 4 is 17.7 Å². The molecule has 29 heavy (non-hydrogen) atoms. The molecule has 154 valence electrons. The van der Waals surface area contributed by atoms with Gasteiger partial charge in [0, 0.05) is 24.5 Å². The monoisotopic (exact) mass is 395 g/mol. The number of carbonyl (C=O) groups excluding carboxylic acids is 1. The normalized spacial score (nSPS) is 13.1. The summed E-state index contributed by atoms with van der Waals surface area (Å²) >= 11 is 0. The molecule has 0 saturated heterocycles. The fraction of sp³-hybridized carbons (Fsp3) is 0.435. The van der Waals surface area contributed by atoms with E-state index < -0.39 is 0 Å². The Kier molecular flexibility index (Phi) is 5.85. The molecule has 2 heterocycles. The van der Waals surface area contributed by atoms with E-state index in [9.17, 15) is 9.59 Å². The Morgan fingerprint density at radius 2 is 1.93 bits per heavy atom. The predicted octanol–water partition coefficient (Wildman–Crippen LogP) is 4.68. The Morgan fingerprint density at radius 1 is 1.21 bits per heavy atom. The number of fused-ring (bicyclic) bond motifs is 1. The van der Waals surface area contributed by atoms with Crippen molar-refractivity contribution in [3.63, 3.8) is 0 Å². The van der Waals surface area contributed by atoms with Crippen LogP contribution in [0.25, 0.3) is 6.08 Å². The van der Waals surface area contributed by atoms with Crippen LogP contribution in [0.4, 0.5) is 5.69 Å². The van der Waals surface area contributed by atoms with Crippen molar-refractivity contribution in [3.05, 3.63) is 57.5 Å². The van der Waals surface area contributed by atoms with Gasteiger partial charge in [0.2, 0.25) is 11.8 Å². The molecule has 2 aromatic rings. The summed E-state index contributed by atoms with van der Waals surface area (Å²) in [7, 11) is 0. The highest BCUT2D eigenvalue weighted by Crippen LogP contribution is 2.38. The lowest BCUT2D eigenvalue weighted by molar-refractivity contribution is 0.0881. The summed E-state index contributed by atoms with van der Waals surface area (Å²) in [5.41, 5.74) is 4.62. The summed E-state index contributed by atoms with van der Waals surface area (Å²) in [6.07, 6.45) is 3.58. The van der Waals surface area contributed by atoms with Crippen LogP contribution >= 0.6 is 0 Å². The van der Waals surface area contributed by atoms with Crippen molar-refractivity contribution in [3.8, 4) is 5.75 Å². The minimum absolute atomic E-state index is 0.229. The third kappa shape index (κ3) is 4.08. The van der Waals surface area contributed by atoms with Gasteiger partial charge in [-0.25, -0.2) is 0 Å². The second-order valence-electron chi connectivity index (χ2n) is 8.25. The molecule has 0 atom stereocenters. The first-order valence-corrected chi connectivity index (χ1v) is 10.2. The van der Waals surface area contributed by atoms with E-state index in [4.69, 9.17) is 4.74 Å². The Morgan fingerprint density at radius 3 is 2.59 bits per heavy atom. The molecule has 1 aromatic carbocycles. The van der Waals surface area contributed by atoms with Crippen LogP contribution in [0.2, 0.25) is 0 Å². The van der Waals surface area contributed by atoms with E-state index in [1.807, 2.05) is 52.0 Å². The maximum atomic E-state index is 13.0. The van der Waals surface area contributed by atoms with Crippen LogP contribution in [0, 0.1) is 0 Å². The first-order chi connectivity index (χ1) is 13.8. The van der Waals surface area contributed by atoms with Gasteiger partial charge in [0.1, 0.15) is 0 Å². The number of rotatable bonds is 5. The number of ether oxygens (including phenoxy) is 1. The highest BCUT2D eigenvalue weighted by Gasteiger charge is 2.27. The first-order valence-electron chi connectivity index (χ1n) is 10.2. The number of aromatic amines is 1. The number of H-pyrrole nitrogens is 1. The molecule has 0 spiro atoms. The molecule has 1 N–H and O–H groups in total. The molecule has 0 aliphatic carbocycles. The Labute approximate surface area is 171 Å². The number of nitrogens with zero attached hydrogens (tertiary/aromatic N) is 2. The summed E-state index contributed by atoms with van der Waals surface area (Å²) in [4.78, 5) is 27.4. The van der Waals surface area contributed by atoms with E-state index in [1.54, 1.807) is 6.08 Å². The topological polar surface area (TPSA) is 67.3 Å². The molecule has 1 aliphatic heterocycles. The number of anilines is 1. The summed E-state index contributed by atoms with van der Waals surface area (Å²) in [5, 5.41) is 3.02. The van der Waals surface area contributed by atoms with Crippen LogP contribution < -0.4 is 15.2 Å². The number of benzene rings is 1. The van der Waals surface area contributed by atoms with E-state index in [1.165, 1.54) is 0 Å². The van der Waals surface area contributed by atoms with Gasteiger partial charge in [0.15, 0.2) is 5.75 Å². The van der Waals surface area contributed by atoms with Crippen molar-refractivity contribution < 1.29 is 9.53 Å². The van der Waals surface area contributed by atoms with Crippen molar-refractivity contribution in [1.29, 1.82) is 0 Å². The average Bonchev–Trinajstić information content (AvgIpc) is 3.18. The van der Waals surface area contributed by atoms with Crippen LogP contribution in [-0.2, 0) is 5.41 Å². The minimum atomic E-state index is -0.348. The minimum Gasteiger partial charge on any atom is -0.432 e. The Hall–Kier alpha value is -2.98. The van der Waals surface area contributed by atoms with Gasteiger partial charge in [-0.3, -0.25) is 14.7 Å². The molecule has 0 bridgehead atoms. The van der Waals surface area contributed by atoms with Crippen LogP contribution in [0.1, 0.15) is 69.9 Å². The summed E-state index contributed by atoms with van der Waals surface area (Å²) < 4.78 is 7.09. The summed E-state index contributed by atoms with van der Waals surface area (Å²) in [6.45, 7) is 10.8. The molecule has 6 nitrogen and oxygen atoms in total. The molecule has 3 rings (SSSR count). The van der Waals surface area contributed by atoms with Gasteiger partial charge in [-0.05, 0) is 25.0 Å². The van der Waals surface area contributed by atoms with Gasteiger partial charge >= 0.3 is 0 Å². The van der Waals surface area contributed by atoms with E-state index in [0.717, 1.165) is 29.1 Å². The Bertz CT molecular complexity index is 1030. The third-order valence-electron chi connectivity index (χ3n) is 4.78. The largest absolute Gasteiger partial charge is 0.432 e. The summed E-state index contributed by atoms with van der Waals surface area (Å²) in [5.74, 6) is 1.10. The molecule has 0 radical (unpaired) electrons. The fourth-order valence-corrected chi connectivity index (χ4v) is 3.38. The van der Waals surface area contributed by atoms with Gasteiger partial charge < -0.3 is 9.64 Å². The van der Waals surface area contributed by atoms with Crippen molar-refractivity contribution in [1.82, 2.24) is 9.78 Å². The van der Waals surface area contributed by atoms with Crippen LogP contribution in [0.5, 0.6) is 5.75 Å². The standard InChI is InChI=1S/C23H29N3O3/c1-6-10-19(27)26-22(28)16(21(24-26)23(3,4)5)13-14-20-25(15-7-2)17-11-8-9-12-18(17)29-20/h8-9,11-13,24H,6-7,10,15H2,1-5H3. The number of hydrogen-bond acceptors (Lipinski definition) is 4. The average molecular weight is 396 g/mol. The fourth-order valence-electron chi connectivity index (χ4n) is 3.38. The molecule has 1 aliphatic rings. The maximum absolute atomic E-state index is 13.0. The number of carbonyl (C=O) groups is 1. The van der Waals surface area contributed by atoms with Crippen molar-refractivity contribution in [2.24, 2.45) is 0 Å². The smallest absolute Gasteiger partial charge is 0.281 e. The van der Waals surface area contributed by atoms with E-state index in [0.29, 0.717) is 30.0 Å². The van der Waals surface area contributed by atoms with Gasteiger partial charge in [0.25, 0.3) is 5.56 Å². The van der Waals surface area contributed by atoms with Gasteiger partial charge in [-0.2, -0.15) is 4.68 Å². The van der Waals surface area contributed by atoms with Gasteiger partial charge in [0.05, 0.1) is 16.9 Å². The first kappa shape index (κ1) is 20.7. The zero-order valence-electron chi connectivity index (χ0n) is 17.8. The second kappa shape index (κ2) is 8.18. The van der Waals surface area contributed by atoms with Crippen LogP contribution in [-0.4, -0.2) is 22.2 Å². The quantitative estimate of drug-likeness (QED) is 0.747. The zero-order valence-corrected chi connectivity index (χ0v) is 17.8. The molecule has 0 saturated carbocycles. The van der Waals surface area contributed by atoms with E-state index >= 15 is 0 Å². The third-order valence-corrected chi connectivity index (χ3v) is 4.78. The van der Waals surface area contributed by atoms with E-state index in [-0.39, 0.29) is 16.9 Å². The highest BCUT2D eigenvalue weighted by atomic mass is 16.5. The van der Waals surface area contributed by atoms with Crippen molar-refractivity contribution in [2.45, 2.75) is 59.3 Å². The summed E-state index contributed by atoms with van der Waals surface area (Å²) in [6, 6.07) is 7.82. The molecular formula is C23H29N3O3. The molecule has 0 unspecified atom stereocenters. The van der Waals surface area contributed by atoms with Gasteiger partial charge in [-0.15, -0.1) is 0 Å².